The van der Waals surface area contributed by atoms with Crippen molar-refractivity contribution in [1.82, 2.24) is 5.43 Å². The maximum absolute atomic E-state index is 5.73. The SMILES string of the molecule is C=CC(NN)C12CC3CC(CC(C)(C3)C1)C2. The van der Waals surface area contributed by atoms with Gasteiger partial charge in [-0.25, -0.2) is 0 Å². The van der Waals surface area contributed by atoms with Gasteiger partial charge in [0.05, 0.1) is 0 Å². The predicted molar refractivity (Wildman–Crippen MR) is 66.5 cm³/mol. The van der Waals surface area contributed by atoms with Gasteiger partial charge < -0.3 is 0 Å². The van der Waals surface area contributed by atoms with Crippen LogP contribution >= 0.6 is 0 Å². The highest BCUT2D eigenvalue weighted by Crippen LogP contribution is 2.66. The van der Waals surface area contributed by atoms with E-state index < -0.39 is 0 Å². The first-order chi connectivity index (χ1) is 7.59. The standard InChI is InChI=1S/C14H24N2/c1-3-12(16-15)14-7-10-4-11(8-14)6-13(2,5-10)9-14/h3,10-12,16H,1,4-9,15H2,2H3. The average molecular weight is 220 g/mol. The summed E-state index contributed by atoms with van der Waals surface area (Å²) < 4.78 is 0. The zero-order chi connectivity index (χ0) is 11.4. The molecule has 4 bridgehead atoms. The molecule has 0 aromatic heterocycles. The summed E-state index contributed by atoms with van der Waals surface area (Å²) >= 11 is 0. The zero-order valence-electron chi connectivity index (χ0n) is 10.3. The van der Waals surface area contributed by atoms with Crippen molar-refractivity contribution in [2.75, 3.05) is 0 Å². The van der Waals surface area contributed by atoms with E-state index in [1.807, 2.05) is 6.08 Å². The summed E-state index contributed by atoms with van der Waals surface area (Å²) in [5, 5.41) is 0. The second-order valence-corrected chi connectivity index (χ2v) is 7.01. The Hall–Kier alpha value is -0.340. The van der Waals surface area contributed by atoms with Crippen LogP contribution in [-0.4, -0.2) is 6.04 Å². The van der Waals surface area contributed by atoms with Crippen molar-refractivity contribution < 1.29 is 0 Å². The fourth-order valence-corrected chi connectivity index (χ4v) is 5.66. The molecule has 4 saturated carbocycles. The lowest BCUT2D eigenvalue weighted by atomic mass is 9.43. The van der Waals surface area contributed by atoms with Gasteiger partial charge in [-0.05, 0) is 61.2 Å². The highest BCUT2D eigenvalue weighted by molar-refractivity contribution is 5.12. The van der Waals surface area contributed by atoms with Crippen molar-refractivity contribution in [3.05, 3.63) is 12.7 Å². The van der Waals surface area contributed by atoms with Crippen molar-refractivity contribution in [2.45, 2.75) is 51.5 Å². The van der Waals surface area contributed by atoms with E-state index in [0.29, 0.717) is 16.9 Å². The lowest BCUT2D eigenvalue weighted by molar-refractivity contribution is -0.111. The van der Waals surface area contributed by atoms with Gasteiger partial charge in [0, 0.05) is 6.04 Å². The first-order valence-corrected chi connectivity index (χ1v) is 6.68. The number of hydrogen-bond donors (Lipinski definition) is 2. The summed E-state index contributed by atoms with van der Waals surface area (Å²) in [5.74, 6) is 7.65. The van der Waals surface area contributed by atoms with E-state index >= 15 is 0 Å². The molecule has 4 fully saturated rings. The van der Waals surface area contributed by atoms with Crippen LogP contribution in [-0.2, 0) is 0 Å². The van der Waals surface area contributed by atoms with Crippen molar-refractivity contribution in [3.63, 3.8) is 0 Å². The molecule has 4 rings (SSSR count). The van der Waals surface area contributed by atoms with Crippen LogP contribution in [0.4, 0.5) is 0 Å². The molecule has 0 aromatic rings. The minimum atomic E-state index is 0.317. The molecule has 0 radical (unpaired) electrons. The summed E-state index contributed by atoms with van der Waals surface area (Å²) in [7, 11) is 0. The minimum absolute atomic E-state index is 0.317. The predicted octanol–water partition coefficient (Wildman–Crippen LogP) is 2.61. The Balaban J connectivity index is 1.94. The maximum Gasteiger partial charge on any atom is 0.0444 e. The van der Waals surface area contributed by atoms with Gasteiger partial charge >= 0.3 is 0 Å². The van der Waals surface area contributed by atoms with Gasteiger partial charge in [-0.15, -0.1) is 6.58 Å². The van der Waals surface area contributed by atoms with E-state index in [0.717, 1.165) is 11.8 Å². The Kier molecular flexibility index (Phi) is 2.25. The third-order valence-electron chi connectivity index (χ3n) is 5.47. The van der Waals surface area contributed by atoms with Gasteiger partial charge in [-0.3, -0.25) is 11.3 Å². The van der Waals surface area contributed by atoms with Gasteiger partial charge in [0.15, 0.2) is 0 Å². The van der Waals surface area contributed by atoms with E-state index in [-0.39, 0.29) is 0 Å². The van der Waals surface area contributed by atoms with Gasteiger partial charge in [-0.1, -0.05) is 13.0 Å². The summed E-state index contributed by atoms with van der Waals surface area (Å²) in [6.07, 6.45) is 10.5. The van der Waals surface area contributed by atoms with E-state index in [1.165, 1.54) is 38.5 Å². The monoisotopic (exact) mass is 220 g/mol. The third kappa shape index (κ3) is 1.39. The molecule has 4 aliphatic carbocycles. The van der Waals surface area contributed by atoms with Gasteiger partial charge in [-0.2, -0.15) is 0 Å². The second kappa shape index (κ2) is 3.33. The molecule has 0 aliphatic heterocycles. The quantitative estimate of drug-likeness (QED) is 0.436. The Labute approximate surface area is 98.6 Å². The van der Waals surface area contributed by atoms with E-state index in [9.17, 15) is 0 Å². The molecule has 0 saturated heterocycles. The van der Waals surface area contributed by atoms with Crippen molar-refractivity contribution in [3.8, 4) is 0 Å². The molecule has 3 N–H and O–H groups in total. The van der Waals surface area contributed by atoms with Crippen molar-refractivity contribution >= 4 is 0 Å². The molecule has 0 amide bonds. The molecule has 0 spiro atoms. The first-order valence-electron chi connectivity index (χ1n) is 6.68. The summed E-state index contributed by atoms with van der Waals surface area (Å²) in [6.45, 7) is 6.47. The van der Waals surface area contributed by atoms with E-state index in [4.69, 9.17) is 5.84 Å². The fourth-order valence-electron chi connectivity index (χ4n) is 5.66. The molecule has 16 heavy (non-hydrogen) atoms. The van der Waals surface area contributed by atoms with Crippen LogP contribution in [0, 0.1) is 22.7 Å². The summed E-state index contributed by atoms with van der Waals surface area (Å²) in [6, 6.07) is 0.317. The Morgan fingerprint density at radius 1 is 1.31 bits per heavy atom. The normalized spacial score (nSPS) is 51.6. The van der Waals surface area contributed by atoms with Crippen molar-refractivity contribution in [1.29, 1.82) is 0 Å². The highest BCUT2D eigenvalue weighted by Gasteiger charge is 2.57. The number of hydrazine groups is 1. The molecule has 3 atom stereocenters. The average Bonchev–Trinajstić information content (AvgIpc) is 2.14. The van der Waals surface area contributed by atoms with Crippen LogP contribution in [0.5, 0.6) is 0 Å². The molecular weight excluding hydrogens is 196 g/mol. The first kappa shape index (κ1) is 10.8. The second-order valence-electron chi connectivity index (χ2n) is 7.01. The lowest BCUT2D eigenvalue weighted by Gasteiger charge is -2.63. The zero-order valence-corrected chi connectivity index (χ0v) is 10.3. The smallest absolute Gasteiger partial charge is 0.0444 e. The maximum atomic E-state index is 5.73. The minimum Gasteiger partial charge on any atom is -0.271 e. The largest absolute Gasteiger partial charge is 0.271 e. The molecule has 0 heterocycles. The summed E-state index contributed by atoms with van der Waals surface area (Å²) in [4.78, 5) is 0. The van der Waals surface area contributed by atoms with E-state index in [1.54, 1.807) is 0 Å². The number of nitrogens with one attached hydrogen (secondary N) is 1. The molecular formula is C14H24N2. The van der Waals surface area contributed by atoms with Crippen LogP contribution in [0.25, 0.3) is 0 Å². The van der Waals surface area contributed by atoms with Gasteiger partial charge in [0.2, 0.25) is 0 Å². The fraction of sp³-hybridized carbons (Fsp3) is 0.857. The van der Waals surface area contributed by atoms with Crippen molar-refractivity contribution in [2.24, 2.45) is 28.5 Å². The lowest BCUT2D eigenvalue weighted by Crippen LogP contribution is -2.59. The Morgan fingerprint density at radius 2 is 1.94 bits per heavy atom. The van der Waals surface area contributed by atoms with Crippen LogP contribution in [0.1, 0.15) is 45.4 Å². The molecule has 2 heteroatoms. The van der Waals surface area contributed by atoms with Crippen LogP contribution < -0.4 is 11.3 Å². The van der Waals surface area contributed by atoms with Crippen LogP contribution in [0.3, 0.4) is 0 Å². The molecule has 3 unspecified atom stereocenters. The van der Waals surface area contributed by atoms with E-state index in [2.05, 4.69) is 18.9 Å². The molecule has 90 valence electrons. The number of hydrogen-bond acceptors (Lipinski definition) is 2. The molecule has 2 nitrogen and oxygen atoms in total. The molecule has 4 aliphatic rings. The van der Waals surface area contributed by atoms with Crippen LogP contribution in [0.15, 0.2) is 12.7 Å². The van der Waals surface area contributed by atoms with Gasteiger partial charge in [0.25, 0.3) is 0 Å². The van der Waals surface area contributed by atoms with Gasteiger partial charge in [0.1, 0.15) is 0 Å². The Bertz CT molecular complexity index is 296. The Morgan fingerprint density at radius 3 is 2.38 bits per heavy atom. The number of rotatable bonds is 3. The number of nitrogens with two attached hydrogens (primary N) is 1. The van der Waals surface area contributed by atoms with Crippen LogP contribution in [0.2, 0.25) is 0 Å². The highest BCUT2D eigenvalue weighted by atomic mass is 15.2. The molecule has 0 aromatic carbocycles. The topological polar surface area (TPSA) is 38.0 Å². The third-order valence-corrected chi connectivity index (χ3v) is 5.47. The summed E-state index contributed by atoms with van der Waals surface area (Å²) in [5.41, 5.74) is 4.03.